The molecular weight excluding hydrogens is 443 g/mol. The van der Waals surface area contributed by atoms with Crippen LogP contribution in [0.5, 0.6) is 0 Å². The molecule has 1 aliphatic rings. The summed E-state index contributed by atoms with van der Waals surface area (Å²) in [6.07, 6.45) is 1.17. The summed E-state index contributed by atoms with van der Waals surface area (Å²) in [7, 11) is 1.89. The first-order chi connectivity index (χ1) is 16.0. The van der Waals surface area contributed by atoms with E-state index in [0.717, 1.165) is 22.5 Å². The van der Waals surface area contributed by atoms with Gasteiger partial charge in [-0.3, -0.25) is 9.48 Å². The number of hydrogen-bond donors (Lipinski definition) is 0. The van der Waals surface area contributed by atoms with E-state index < -0.39 is 5.82 Å². The molecule has 5 rings (SSSR count). The third-order valence-corrected chi connectivity index (χ3v) is 6.08. The SMILES string of the molecule is CCc1nc(C(=O)N2CCc3c(nn(C)c3-c3cccc(Cl)c3)C2)nn1-c1ccccc1F. The van der Waals surface area contributed by atoms with Crippen molar-refractivity contribution < 1.29 is 9.18 Å². The van der Waals surface area contributed by atoms with Gasteiger partial charge >= 0.3 is 0 Å². The first kappa shape index (κ1) is 21.3. The quantitative estimate of drug-likeness (QED) is 0.453. The molecule has 0 aliphatic carbocycles. The summed E-state index contributed by atoms with van der Waals surface area (Å²) in [6.45, 7) is 2.77. The summed E-state index contributed by atoms with van der Waals surface area (Å²) < 4.78 is 17.6. The molecule has 3 heterocycles. The number of aromatic nitrogens is 5. The van der Waals surface area contributed by atoms with Crippen LogP contribution in [-0.2, 0) is 26.4 Å². The lowest BCUT2D eigenvalue weighted by atomic mass is 10.00. The van der Waals surface area contributed by atoms with Crippen LogP contribution in [-0.4, -0.2) is 41.9 Å². The van der Waals surface area contributed by atoms with Gasteiger partial charge in [0.05, 0.1) is 17.9 Å². The average molecular weight is 465 g/mol. The Labute approximate surface area is 195 Å². The molecule has 4 aromatic rings. The first-order valence-corrected chi connectivity index (χ1v) is 11.1. The van der Waals surface area contributed by atoms with Gasteiger partial charge in [-0.2, -0.15) is 5.10 Å². The van der Waals surface area contributed by atoms with E-state index in [4.69, 9.17) is 11.6 Å². The number of carbonyl (C=O) groups is 1. The van der Waals surface area contributed by atoms with Crippen molar-refractivity contribution >= 4 is 17.5 Å². The monoisotopic (exact) mass is 464 g/mol. The standard InChI is InChI=1S/C24H22ClFN6O/c1-3-21-27-23(29-32(21)20-10-5-4-9-18(20)26)24(33)31-12-11-17-19(14-31)28-30(2)22(17)15-7-6-8-16(25)13-15/h4-10,13H,3,11-12,14H2,1-2H3. The predicted octanol–water partition coefficient (Wildman–Crippen LogP) is 4.22. The van der Waals surface area contributed by atoms with E-state index in [2.05, 4.69) is 15.2 Å². The molecule has 33 heavy (non-hydrogen) atoms. The second kappa shape index (κ2) is 8.44. The van der Waals surface area contributed by atoms with Gasteiger partial charge in [0, 0.05) is 36.2 Å². The molecule has 7 nitrogen and oxygen atoms in total. The highest BCUT2D eigenvalue weighted by Gasteiger charge is 2.30. The maximum atomic E-state index is 14.3. The molecule has 0 N–H and O–H groups in total. The number of para-hydroxylation sites is 1. The van der Waals surface area contributed by atoms with Crippen LogP contribution >= 0.6 is 11.6 Å². The van der Waals surface area contributed by atoms with Crippen molar-refractivity contribution in [2.24, 2.45) is 7.05 Å². The second-order valence-corrected chi connectivity index (χ2v) is 8.39. The molecule has 0 saturated heterocycles. The largest absolute Gasteiger partial charge is 0.330 e. The highest BCUT2D eigenvalue weighted by molar-refractivity contribution is 6.30. The van der Waals surface area contributed by atoms with Gasteiger partial charge in [0.15, 0.2) is 0 Å². The van der Waals surface area contributed by atoms with Crippen LogP contribution in [0, 0.1) is 5.82 Å². The van der Waals surface area contributed by atoms with E-state index in [1.165, 1.54) is 10.7 Å². The zero-order valence-corrected chi connectivity index (χ0v) is 19.1. The highest BCUT2D eigenvalue weighted by atomic mass is 35.5. The Balaban J connectivity index is 1.44. The van der Waals surface area contributed by atoms with E-state index in [-0.39, 0.29) is 17.4 Å². The van der Waals surface area contributed by atoms with Gasteiger partial charge in [-0.25, -0.2) is 14.1 Å². The average Bonchev–Trinajstić information content (AvgIpc) is 3.38. The molecular formula is C24H22ClFN6O. The number of amides is 1. The minimum atomic E-state index is -0.416. The summed E-state index contributed by atoms with van der Waals surface area (Å²) in [5, 5.41) is 9.69. The number of hydrogen-bond acceptors (Lipinski definition) is 4. The Bertz CT molecular complexity index is 1360. The van der Waals surface area contributed by atoms with Crippen LogP contribution in [0.2, 0.25) is 5.02 Å². The fourth-order valence-electron chi connectivity index (χ4n) is 4.31. The topological polar surface area (TPSA) is 68.8 Å². The maximum absolute atomic E-state index is 14.3. The van der Waals surface area contributed by atoms with Crippen LogP contribution in [0.1, 0.15) is 34.6 Å². The molecule has 0 saturated carbocycles. The molecule has 0 spiro atoms. The minimum Gasteiger partial charge on any atom is -0.330 e. The summed E-state index contributed by atoms with van der Waals surface area (Å²) in [5.41, 5.74) is 4.24. The number of nitrogens with zero attached hydrogens (tertiary/aromatic N) is 6. The zero-order chi connectivity index (χ0) is 23.1. The Morgan fingerprint density at radius 1 is 1.15 bits per heavy atom. The maximum Gasteiger partial charge on any atom is 0.293 e. The number of fused-ring (bicyclic) bond motifs is 1. The molecule has 0 unspecified atom stereocenters. The van der Waals surface area contributed by atoms with Gasteiger partial charge in [-0.05, 0) is 30.7 Å². The van der Waals surface area contributed by atoms with Crippen molar-refractivity contribution in [2.75, 3.05) is 6.54 Å². The van der Waals surface area contributed by atoms with Gasteiger partial charge in [0.2, 0.25) is 5.82 Å². The van der Waals surface area contributed by atoms with Gasteiger partial charge in [0.25, 0.3) is 5.91 Å². The number of carbonyl (C=O) groups excluding carboxylic acids is 1. The van der Waals surface area contributed by atoms with Crippen LogP contribution in [0.3, 0.4) is 0 Å². The molecule has 2 aromatic carbocycles. The van der Waals surface area contributed by atoms with Crippen molar-refractivity contribution in [3.8, 4) is 16.9 Å². The number of halogens is 2. The van der Waals surface area contributed by atoms with E-state index in [9.17, 15) is 9.18 Å². The summed E-state index contributed by atoms with van der Waals surface area (Å²) >= 11 is 6.19. The molecule has 9 heteroatoms. The van der Waals surface area contributed by atoms with Crippen molar-refractivity contribution in [2.45, 2.75) is 26.3 Å². The second-order valence-electron chi connectivity index (χ2n) is 7.95. The molecule has 0 fully saturated rings. The molecule has 0 atom stereocenters. The minimum absolute atomic E-state index is 0.0598. The number of benzene rings is 2. The van der Waals surface area contributed by atoms with Gasteiger partial charge < -0.3 is 4.90 Å². The summed E-state index contributed by atoms with van der Waals surface area (Å²) in [6, 6.07) is 14.0. The van der Waals surface area contributed by atoms with E-state index in [1.54, 1.807) is 23.1 Å². The molecule has 0 bridgehead atoms. The van der Waals surface area contributed by atoms with Crippen LogP contribution in [0.15, 0.2) is 48.5 Å². The van der Waals surface area contributed by atoms with Crippen molar-refractivity contribution in [3.63, 3.8) is 0 Å². The van der Waals surface area contributed by atoms with Gasteiger partial charge in [-0.1, -0.05) is 42.8 Å². The molecule has 2 aromatic heterocycles. The lowest BCUT2D eigenvalue weighted by molar-refractivity contribution is 0.0720. The predicted molar refractivity (Wildman–Crippen MR) is 123 cm³/mol. The summed E-state index contributed by atoms with van der Waals surface area (Å²) in [4.78, 5) is 19.4. The summed E-state index contributed by atoms with van der Waals surface area (Å²) in [5.74, 6) is -0.118. The normalized spacial score (nSPS) is 13.3. The van der Waals surface area contributed by atoms with E-state index in [1.807, 2.05) is 42.9 Å². The molecule has 1 aliphatic heterocycles. The van der Waals surface area contributed by atoms with Gasteiger partial charge in [0.1, 0.15) is 17.3 Å². The number of aryl methyl sites for hydroxylation is 2. The fourth-order valence-corrected chi connectivity index (χ4v) is 4.50. The van der Waals surface area contributed by atoms with Gasteiger partial charge in [-0.15, -0.1) is 5.10 Å². The highest BCUT2D eigenvalue weighted by Crippen LogP contribution is 2.31. The van der Waals surface area contributed by atoms with Crippen LogP contribution < -0.4 is 0 Å². The van der Waals surface area contributed by atoms with E-state index >= 15 is 0 Å². The zero-order valence-electron chi connectivity index (χ0n) is 18.3. The van der Waals surface area contributed by atoms with E-state index in [0.29, 0.717) is 36.8 Å². The van der Waals surface area contributed by atoms with Crippen molar-refractivity contribution in [1.82, 2.24) is 29.4 Å². The molecule has 0 radical (unpaired) electrons. The third-order valence-electron chi connectivity index (χ3n) is 5.85. The Kier molecular flexibility index (Phi) is 5.46. The molecule has 1 amide bonds. The smallest absolute Gasteiger partial charge is 0.293 e. The number of rotatable bonds is 4. The third kappa shape index (κ3) is 3.80. The lowest BCUT2D eigenvalue weighted by Gasteiger charge is -2.25. The van der Waals surface area contributed by atoms with Crippen LogP contribution in [0.4, 0.5) is 4.39 Å². The van der Waals surface area contributed by atoms with Crippen molar-refractivity contribution in [3.05, 3.63) is 82.3 Å². The molecule has 168 valence electrons. The lowest BCUT2D eigenvalue weighted by Crippen LogP contribution is -2.36. The van der Waals surface area contributed by atoms with Crippen molar-refractivity contribution in [1.29, 1.82) is 0 Å². The fraction of sp³-hybridized carbons (Fsp3) is 0.250. The Morgan fingerprint density at radius 3 is 2.73 bits per heavy atom. The first-order valence-electron chi connectivity index (χ1n) is 10.8. The Hall–Kier alpha value is -3.52. The Morgan fingerprint density at radius 2 is 1.97 bits per heavy atom. The van der Waals surface area contributed by atoms with Crippen LogP contribution in [0.25, 0.3) is 16.9 Å².